The molecule has 1 aliphatic heterocycles. The molecule has 1 saturated heterocycles. The molecule has 1 fully saturated rings. The number of ether oxygens (including phenoxy) is 1. The largest absolute Gasteiger partial charge is 0.494 e. The van der Waals surface area contributed by atoms with Crippen molar-refractivity contribution >= 4 is 40.3 Å². The van der Waals surface area contributed by atoms with Crippen molar-refractivity contribution in [3.63, 3.8) is 0 Å². The number of unbranched alkanes of at least 4 members (excludes halogenated alkanes) is 1. The van der Waals surface area contributed by atoms with E-state index in [-0.39, 0.29) is 5.91 Å². The minimum absolute atomic E-state index is 0.0260. The fraction of sp³-hybridized carbons (Fsp3) is 0.296. The molecule has 0 radical (unpaired) electrons. The Morgan fingerprint density at radius 1 is 1.12 bits per heavy atom. The molecule has 176 valence electrons. The quantitative estimate of drug-likeness (QED) is 0.248. The lowest BCUT2D eigenvalue weighted by atomic mass is 10.0. The van der Waals surface area contributed by atoms with E-state index in [1.807, 2.05) is 65.5 Å². The molecule has 1 aromatic heterocycles. The van der Waals surface area contributed by atoms with Crippen LogP contribution >= 0.6 is 24.0 Å². The SMILES string of the molecule is CCCCN1C(=O)C(=Cc2cn(-c3ccccc3)nc2-c2ccc(OCCC)cc2C)SC1=S. The van der Waals surface area contributed by atoms with Crippen molar-refractivity contribution in [3.05, 3.63) is 70.8 Å². The maximum atomic E-state index is 13.1. The van der Waals surface area contributed by atoms with Crippen molar-refractivity contribution in [1.82, 2.24) is 14.7 Å². The monoisotopic (exact) mass is 491 g/mol. The van der Waals surface area contributed by atoms with Gasteiger partial charge in [-0.2, -0.15) is 5.10 Å². The Kier molecular flexibility index (Phi) is 7.85. The molecule has 1 amide bonds. The van der Waals surface area contributed by atoms with E-state index in [4.69, 9.17) is 22.1 Å². The van der Waals surface area contributed by atoms with Crippen LogP contribution in [-0.2, 0) is 4.79 Å². The van der Waals surface area contributed by atoms with Crippen LogP contribution in [0.5, 0.6) is 5.75 Å². The van der Waals surface area contributed by atoms with Crippen molar-refractivity contribution in [3.8, 4) is 22.7 Å². The summed E-state index contributed by atoms with van der Waals surface area (Å²) in [5.74, 6) is 0.825. The zero-order chi connectivity index (χ0) is 24.1. The first kappa shape index (κ1) is 24.2. The van der Waals surface area contributed by atoms with Crippen LogP contribution in [0.3, 0.4) is 0 Å². The maximum absolute atomic E-state index is 13.1. The zero-order valence-corrected chi connectivity index (χ0v) is 21.4. The second-order valence-corrected chi connectivity index (χ2v) is 9.90. The first-order valence-corrected chi connectivity index (χ1v) is 12.9. The van der Waals surface area contributed by atoms with Crippen molar-refractivity contribution in [2.75, 3.05) is 13.2 Å². The lowest BCUT2D eigenvalue weighted by Gasteiger charge is -2.13. The molecular formula is C27H29N3O2S2. The average Bonchev–Trinajstić information content (AvgIpc) is 3.37. The van der Waals surface area contributed by atoms with Crippen molar-refractivity contribution < 1.29 is 9.53 Å². The van der Waals surface area contributed by atoms with Gasteiger partial charge in [0.25, 0.3) is 5.91 Å². The molecule has 0 bridgehead atoms. The number of thioether (sulfide) groups is 1. The molecular weight excluding hydrogens is 462 g/mol. The predicted octanol–water partition coefficient (Wildman–Crippen LogP) is 6.64. The van der Waals surface area contributed by atoms with E-state index in [0.29, 0.717) is 22.4 Å². The number of rotatable bonds is 9. The summed E-state index contributed by atoms with van der Waals surface area (Å²) >= 11 is 6.86. The summed E-state index contributed by atoms with van der Waals surface area (Å²) in [5.41, 5.74) is 4.73. The Morgan fingerprint density at radius 3 is 2.62 bits per heavy atom. The van der Waals surface area contributed by atoms with Gasteiger partial charge in [-0.25, -0.2) is 4.68 Å². The van der Waals surface area contributed by atoms with Crippen LogP contribution in [0, 0.1) is 6.92 Å². The summed E-state index contributed by atoms with van der Waals surface area (Å²) in [4.78, 5) is 15.4. The number of para-hydroxylation sites is 1. The molecule has 0 saturated carbocycles. The Morgan fingerprint density at radius 2 is 1.91 bits per heavy atom. The highest BCUT2D eigenvalue weighted by Gasteiger charge is 2.32. The summed E-state index contributed by atoms with van der Waals surface area (Å²) in [6, 6.07) is 16.0. The molecule has 3 aromatic rings. The van der Waals surface area contributed by atoms with Gasteiger partial charge >= 0.3 is 0 Å². The first-order chi connectivity index (χ1) is 16.5. The van der Waals surface area contributed by atoms with Gasteiger partial charge in [0.05, 0.1) is 17.2 Å². The van der Waals surface area contributed by atoms with Crippen LogP contribution in [0.25, 0.3) is 23.0 Å². The van der Waals surface area contributed by atoms with Gasteiger partial charge in [0, 0.05) is 23.9 Å². The molecule has 4 rings (SSSR count). The lowest BCUT2D eigenvalue weighted by molar-refractivity contribution is -0.122. The van der Waals surface area contributed by atoms with Gasteiger partial charge in [-0.05, 0) is 61.7 Å². The highest BCUT2D eigenvalue weighted by molar-refractivity contribution is 8.26. The number of thiocarbonyl (C=S) groups is 1. The van der Waals surface area contributed by atoms with Crippen LogP contribution in [0.1, 0.15) is 44.2 Å². The van der Waals surface area contributed by atoms with E-state index in [1.54, 1.807) is 4.90 Å². The normalized spacial score (nSPS) is 14.9. The number of hydrogen-bond donors (Lipinski definition) is 0. The van der Waals surface area contributed by atoms with Crippen molar-refractivity contribution in [2.45, 2.75) is 40.0 Å². The fourth-order valence-corrected chi connectivity index (χ4v) is 5.08. The Hall–Kier alpha value is -2.90. The number of aryl methyl sites for hydroxylation is 1. The smallest absolute Gasteiger partial charge is 0.266 e. The van der Waals surface area contributed by atoms with E-state index < -0.39 is 0 Å². The number of carbonyl (C=O) groups is 1. The van der Waals surface area contributed by atoms with Crippen LogP contribution in [0.4, 0.5) is 0 Å². The molecule has 34 heavy (non-hydrogen) atoms. The number of nitrogens with zero attached hydrogens (tertiary/aromatic N) is 3. The lowest BCUT2D eigenvalue weighted by Crippen LogP contribution is -2.28. The standard InChI is InChI=1S/C27H29N3O2S2/c1-4-6-14-29-26(31)24(34-27(29)33)17-20-18-30(21-10-8-7-9-11-21)28-25(20)23-13-12-22(16-19(23)3)32-15-5-2/h7-13,16-18H,4-6,14-15H2,1-3H3. The second kappa shape index (κ2) is 11.0. The molecule has 0 unspecified atom stereocenters. The van der Waals surface area contributed by atoms with E-state index in [2.05, 4.69) is 20.8 Å². The topological polar surface area (TPSA) is 47.4 Å². The summed E-state index contributed by atoms with van der Waals surface area (Å²) in [6.07, 6.45) is 6.81. The van der Waals surface area contributed by atoms with Crippen molar-refractivity contribution in [1.29, 1.82) is 0 Å². The van der Waals surface area contributed by atoms with E-state index >= 15 is 0 Å². The maximum Gasteiger partial charge on any atom is 0.266 e. The first-order valence-electron chi connectivity index (χ1n) is 11.7. The number of benzene rings is 2. The van der Waals surface area contributed by atoms with E-state index in [1.165, 1.54) is 11.8 Å². The van der Waals surface area contributed by atoms with Gasteiger partial charge < -0.3 is 4.74 Å². The highest BCUT2D eigenvalue weighted by Crippen LogP contribution is 2.36. The second-order valence-electron chi connectivity index (χ2n) is 8.23. The molecule has 5 nitrogen and oxygen atoms in total. The van der Waals surface area contributed by atoms with E-state index in [9.17, 15) is 4.79 Å². The Balaban J connectivity index is 1.75. The Labute approximate surface area is 210 Å². The number of aromatic nitrogens is 2. The van der Waals surface area contributed by atoms with Gasteiger partial charge in [-0.15, -0.1) is 0 Å². The number of carbonyl (C=O) groups excluding carboxylic acids is 1. The number of amides is 1. The summed E-state index contributed by atoms with van der Waals surface area (Å²) < 4.78 is 8.29. The van der Waals surface area contributed by atoms with Crippen LogP contribution < -0.4 is 4.74 Å². The summed E-state index contributed by atoms with van der Waals surface area (Å²) in [5, 5.41) is 4.92. The molecule has 0 atom stereocenters. The van der Waals surface area contributed by atoms with Gasteiger partial charge in [-0.3, -0.25) is 9.69 Å². The van der Waals surface area contributed by atoms with Crippen LogP contribution in [0.2, 0.25) is 0 Å². The van der Waals surface area contributed by atoms with Crippen LogP contribution in [-0.4, -0.2) is 38.1 Å². The Bertz CT molecular complexity index is 1220. The minimum Gasteiger partial charge on any atom is -0.494 e. The van der Waals surface area contributed by atoms with Gasteiger partial charge in [-0.1, -0.05) is 62.4 Å². The predicted molar refractivity (Wildman–Crippen MR) is 144 cm³/mol. The molecule has 1 aliphatic rings. The summed E-state index contributed by atoms with van der Waals surface area (Å²) in [7, 11) is 0. The van der Waals surface area contributed by atoms with Gasteiger partial charge in [0.15, 0.2) is 0 Å². The van der Waals surface area contributed by atoms with Gasteiger partial charge in [0.1, 0.15) is 15.8 Å². The molecule has 0 aliphatic carbocycles. The number of hydrogen-bond acceptors (Lipinski definition) is 5. The minimum atomic E-state index is -0.0260. The third kappa shape index (κ3) is 5.26. The van der Waals surface area contributed by atoms with E-state index in [0.717, 1.165) is 53.1 Å². The molecule has 0 spiro atoms. The highest BCUT2D eigenvalue weighted by atomic mass is 32.2. The van der Waals surface area contributed by atoms with Crippen LogP contribution in [0.15, 0.2) is 59.6 Å². The molecule has 2 aromatic carbocycles. The molecule has 0 N–H and O–H groups in total. The zero-order valence-electron chi connectivity index (χ0n) is 19.8. The fourth-order valence-electron chi connectivity index (χ4n) is 3.78. The van der Waals surface area contributed by atoms with Gasteiger partial charge in [0.2, 0.25) is 0 Å². The molecule has 7 heteroatoms. The average molecular weight is 492 g/mol. The third-order valence-electron chi connectivity index (χ3n) is 5.58. The summed E-state index contributed by atoms with van der Waals surface area (Å²) in [6.45, 7) is 7.61. The van der Waals surface area contributed by atoms with Crippen molar-refractivity contribution in [2.24, 2.45) is 0 Å². The third-order valence-corrected chi connectivity index (χ3v) is 6.96. The molecule has 2 heterocycles.